The van der Waals surface area contributed by atoms with Crippen LogP contribution in [0.4, 0.5) is 4.79 Å². The number of carbonyl (C=O) groups is 2. The Morgan fingerprint density at radius 2 is 1.80 bits per heavy atom. The molecule has 1 aliphatic carbocycles. The van der Waals surface area contributed by atoms with Crippen LogP contribution < -0.4 is 10.6 Å². The number of carboxylic acid groups (broad SMARTS) is 1. The average Bonchev–Trinajstić information content (AvgIpc) is 2.86. The third-order valence-electron chi connectivity index (χ3n) is 4.10. The highest BCUT2D eigenvalue weighted by Gasteiger charge is 2.42. The minimum atomic E-state index is -1.05. The molecule has 1 aliphatic rings. The van der Waals surface area contributed by atoms with Crippen LogP contribution in [-0.4, -0.2) is 28.7 Å². The van der Waals surface area contributed by atoms with Gasteiger partial charge in [-0.1, -0.05) is 46.0 Å². The zero-order chi connectivity index (χ0) is 15.0. The van der Waals surface area contributed by atoms with Gasteiger partial charge in [0.15, 0.2) is 0 Å². The molecule has 3 N–H and O–H groups in total. The fourth-order valence-electron chi connectivity index (χ4n) is 2.90. The van der Waals surface area contributed by atoms with Gasteiger partial charge in [0, 0.05) is 6.04 Å². The number of amides is 2. The van der Waals surface area contributed by atoms with Crippen molar-refractivity contribution in [2.75, 3.05) is 0 Å². The summed E-state index contributed by atoms with van der Waals surface area (Å²) >= 11 is 0. The molecule has 2 amide bonds. The Morgan fingerprint density at radius 3 is 2.30 bits per heavy atom. The molecule has 1 saturated carbocycles. The third-order valence-corrected chi connectivity index (χ3v) is 4.10. The molecule has 0 saturated heterocycles. The van der Waals surface area contributed by atoms with Gasteiger partial charge in [0.1, 0.15) is 5.54 Å². The lowest BCUT2D eigenvalue weighted by Gasteiger charge is -2.27. The van der Waals surface area contributed by atoms with E-state index in [1.54, 1.807) is 0 Å². The van der Waals surface area contributed by atoms with Gasteiger partial charge in [-0.15, -0.1) is 0 Å². The first-order chi connectivity index (χ1) is 9.54. The molecule has 0 radical (unpaired) electrons. The van der Waals surface area contributed by atoms with Crippen LogP contribution in [0.15, 0.2) is 0 Å². The van der Waals surface area contributed by atoms with E-state index in [0.29, 0.717) is 12.8 Å². The van der Waals surface area contributed by atoms with Crippen molar-refractivity contribution in [3.63, 3.8) is 0 Å². The number of urea groups is 1. The molecule has 0 aliphatic heterocycles. The van der Waals surface area contributed by atoms with Gasteiger partial charge in [-0.05, 0) is 25.7 Å². The summed E-state index contributed by atoms with van der Waals surface area (Å²) in [5.74, 6) is -0.911. The summed E-state index contributed by atoms with van der Waals surface area (Å²) in [4.78, 5) is 23.5. The lowest BCUT2D eigenvalue weighted by atomic mass is 9.98. The Balaban J connectivity index is 2.53. The van der Waals surface area contributed by atoms with Gasteiger partial charge in [0.25, 0.3) is 0 Å². The maximum Gasteiger partial charge on any atom is 0.329 e. The van der Waals surface area contributed by atoms with Crippen molar-refractivity contribution in [3.8, 4) is 0 Å². The van der Waals surface area contributed by atoms with Crippen molar-refractivity contribution < 1.29 is 14.7 Å². The van der Waals surface area contributed by atoms with Crippen molar-refractivity contribution in [2.45, 2.75) is 83.2 Å². The first-order valence-electron chi connectivity index (χ1n) is 7.86. The second-order valence-electron chi connectivity index (χ2n) is 5.82. The predicted molar refractivity (Wildman–Crippen MR) is 78.7 cm³/mol. The Labute approximate surface area is 121 Å². The minimum Gasteiger partial charge on any atom is -0.480 e. The average molecular weight is 284 g/mol. The van der Waals surface area contributed by atoms with Gasteiger partial charge < -0.3 is 15.7 Å². The molecular formula is C15H28N2O3. The van der Waals surface area contributed by atoms with E-state index in [4.69, 9.17) is 0 Å². The molecule has 0 heterocycles. The molecule has 0 aromatic heterocycles. The quantitative estimate of drug-likeness (QED) is 0.641. The van der Waals surface area contributed by atoms with Gasteiger partial charge in [0.05, 0.1) is 0 Å². The molecule has 1 atom stereocenters. The Hall–Kier alpha value is -1.26. The van der Waals surface area contributed by atoms with Crippen LogP contribution in [0, 0.1) is 0 Å². The monoisotopic (exact) mass is 284 g/mol. The van der Waals surface area contributed by atoms with Gasteiger partial charge >= 0.3 is 12.0 Å². The molecule has 5 heteroatoms. The van der Waals surface area contributed by atoms with E-state index in [9.17, 15) is 14.7 Å². The predicted octanol–water partition coefficient (Wildman–Crippen LogP) is 3.04. The van der Waals surface area contributed by atoms with Gasteiger partial charge in [-0.3, -0.25) is 0 Å². The van der Waals surface area contributed by atoms with Crippen LogP contribution in [0.25, 0.3) is 0 Å². The SMILES string of the molecule is CCCCC(CCC)NC(=O)NC1(C(=O)O)CCCC1. The minimum absolute atomic E-state index is 0.146. The standard InChI is InChI=1S/C15H28N2O3/c1-3-5-9-12(8-4-2)16-14(20)17-15(13(18)19)10-6-7-11-15/h12H,3-11H2,1-2H3,(H,18,19)(H2,16,17,20). The van der Waals surface area contributed by atoms with Crippen LogP contribution in [0.2, 0.25) is 0 Å². The third kappa shape index (κ3) is 4.69. The number of nitrogens with one attached hydrogen (secondary N) is 2. The molecule has 0 bridgehead atoms. The summed E-state index contributed by atoms with van der Waals surface area (Å²) in [5, 5.41) is 15.0. The van der Waals surface area contributed by atoms with Crippen LogP contribution in [0.5, 0.6) is 0 Å². The highest BCUT2D eigenvalue weighted by atomic mass is 16.4. The smallest absolute Gasteiger partial charge is 0.329 e. The molecule has 5 nitrogen and oxygen atoms in total. The van der Waals surface area contributed by atoms with Crippen molar-refractivity contribution in [1.29, 1.82) is 0 Å². The molecule has 1 rings (SSSR count). The molecular weight excluding hydrogens is 256 g/mol. The van der Waals surface area contributed by atoms with E-state index in [0.717, 1.165) is 44.9 Å². The second kappa shape index (κ2) is 8.12. The zero-order valence-electron chi connectivity index (χ0n) is 12.7. The normalized spacial score (nSPS) is 18.5. The summed E-state index contributed by atoms with van der Waals surface area (Å²) in [7, 11) is 0. The Kier molecular flexibility index (Phi) is 6.82. The lowest BCUT2D eigenvalue weighted by molar-refractivity contribution is -0.144. The molecule has 0 spiro atoms. The number of carboxylic acids is 1. The lowest BCUT2D eigenvalue weighted by Crippen LogP contribution is -2.56. The van der Waals surface area contributed by atoms with E-state index in [1.807, 2.05) is 0 Å². The first-order valence-corrected chi connectivity index (χ1v) is 7.86. The van der Waals surface area contributed by atoms with E-state index in [1.165, 1.54) is 0 Å². The largest absolute Gasteiger partial charge is 0.480 e. The molecule has 1 unspecified atom stereocenters. The van der Waals surface area contributed by atoms with Gasteiger partial charge in [0.2, 0.25) is 0 Å². The topological polar surface area (TPSA) is 78.4 Å². The summed E-state index contributed by atoms with van der Waals surface area (Å²) < 4.78 is 0. The van der Waals surface area contributed by atoms with Crippen LogP contribution in [0.3, 0.4) is 0 Å². The Bertz CT molecular complexity index is 325. The number of carbonyl (C=O) groups excluding carboxylic acids is 1. The van der Waals surface area contributed by atoms with E-state index >= 15 is 0 Å². The molecule has 1 fully saturated rings. The number of hydrogen-bond donors (Lipinski definition) is 3. The van der Waals surface area contributed by atoms with Gasteiger partial charge in [-0.2, -0.15) is 0 Å². The Morgan fingerprint density at radius 1 is 1.15 bits per heavy atom. The van der Waals surface area contributed by atoms with E-state index in [-0.39, 0.29) is 12.1 Å². The fraction of sp³-hybridized carbons (Fsp3) is 0.867. The zero-order valence-corrected chi connectivity index (χ0v) is 12.7. The molecule has 20 heavy (non-hydrogen) atoms. The number of aliphatic carboxylic acids is 1. The van der Waals surface area contributed by atoms with Crippen molar-refractivity contribution in [1.82, 2.24) is 10.6 Å². The summed E-state index contributed by atoms with van der Waals surface area (Å²) in [6.07, 6.45) is 7.87. The fourth-order valence-corrected chi connectivity index (χ4v) is 2.90. The molecule has 116 valence electrons. The van der Waals surface area contributed by atoms with Crippen LogP contribution in [0.1, 0.15) is 71.6 Å². The van der Waals surface area contributed by atoms with E-state index < -0.39 is 11.5 Å². The maximum absolute atomic E-state index is 12.1. The summed E-state index contributed by atoms with van der Waals surface area (Å²) in [5.41, 5.74) is -1.05. The van der Waals surface area contributed by atoms with Gasteiger partial charge in [-0.25, -0.2) is 9.59 Å². The van der Waals surface area contributed by atoms with Crippen LogP contribution in [-0.2, 0) is 4.79 Å². The summed E-state index contributed by atoms with van der Waals surface area (Å²) in [6, 6.07) is -0.184. The molecule has 0 aromatic carbocycles. The maximum atomic E-state index is 12.1. The van der Waals surface area contributed by atoms with Crippen molar-refractivity contribution in [3.05, 3.63) is 0 Å². The van der Waals surface area contributed by atoms with Crippen molar-refractivity contribution in [2.24, 2.45) is 0 Å². The highest BCUT2D eigenvalue weighted by Crippen LogP contribution is 2.29. The highest BCUT2D eigenvalue weighted by molar-refractivity contribution is 5.86. The second-order valence-corrected chi connectivity index (χ2v) is 5.82. The number of unbranched alkanes of at least 4 members (excludes halogenated alkanes) is 1. The molecule has 0 aromatic rings. The summed E-state index contributed by atoms with van der Waals surface area (Å²) in [6.45, 7) is 4.22. The van der Waals surface area contributed by atoms with Crippen LogP contribution >= 0.6 is 0 Å². The van der Waals surface area contributed by atoms with Crippen molar-refractivity contribution >= 4 is 12.0 Å². The number of hydrogen-bond acceptors (Lipinski definition) is 2. The first kappa shape index (κ1) is 16.8. The number of rotatable bonds is 8. The van der Waals surface area contributed by atoms with E-state index in [2.05, 4.69) is 24.5 Å².